The molecule has 0 aromatic heterocycles. The predicted octanol–water partition coefficient (Wildman–Crippen LogP) is -1.41. The molecule has 0 rings (SSSR count). The minimum atomic E-state index is -0.510. The van der Waals surface area contributed by atoms with Crippen LogP contribution in [0.5, 0.6) is 0 Å². The van der Waals surface area contributed by atoms with E-state index in [1.165, 1.54) is 0 Å². The minimum Gasteiger partial charge on any atom is -0.386 e. The number of nitrogens with two attached hydrogens (primary N) is 3. The molecule has 0 aromatic rings. The van der Waals surface area contributed by atoms with E-state index >= 15 is 0 Å². The van der Waals surface area contributed by atoms with E-state index in [0.29, 0.717) is 6.42 Å². The molecule has 11 heavy (non-hydrogen) atoms. The molecule has 60 valence electrons. The Morgan fingerprint density at radius 2 is 2.18 bits per heavy atom. The summed E-state index contributed by atoms with van der Waals surface area (Å²) in [4.78, 5) is 3.43. The van der Waals surface area contributed by atoms with Crippen LogP contribution in [0, 0.1) is 17.8 Å². The standard InChI is InChI=1S/C6H11N5/c1-2-3-4(7)5(8)11-6(9)10/h1,4H,3,7H2,(H5,8,9,10,11)/t4-/m0/s1. The van der Waals surface area contributed by atoms with Crippen LogP contribution in [0.15, 0.2) is 4.99 Å². The van der Waals surface area contributed by atoms with E-state index in [-0.39, 0.29) is 11.8 Å². The Morgan fingerprint density at radius 1 is 1.64 bits per heavy atom. The molecular formula is C6H11N5. The summed E-state index contributed by atoms with van der Waals surface area (Å²) in [5.74, 6) is 2.05. The number of nitrogens with one attached hydrogen (secondary N) is 1. The van der Waals surface area contributed by atoms with Gasteiger partial charge < -0.3 is 17.2 Å². The maximum absolute atomic E-state index is 6.75. The van der Waals surface area contributed by atoms with Crippen LogP contribution in [0.3, 0.4) is 0 Å². The summed E-state index contributed by atoms with van der Waals surface area (Å²) in [6.45, 7) is 0. The van der Waals surface area contributed by atoms with Crippen molar-refractivity contribution in [2.24, 2.45) is 22.2 Å². The molecule has 0 radical (unpaired) electrons. The van der Waals surface area contributed by atoms with E-state index in [1.54, 1.807) is 0 Å². The molecule has 0 bridgehead atoms. The fraction of sp³-hybridized carbons (Fsp3) is 0.333. The maximum Gasteiger partial charge on any atom is 0.214 e. The van der Waals surface area contributed by atoms with Crippen LogP contribution < -0.4 is 17.2 Å². The second-order valence-electron chi connectivity index (χ2n) is 1.94. The van der Waals surface area contributed by atoms with E-state index in [2.05, 4.69) is 10.9 Å². The number of rotatable bonds is 2. The summed E-state index contributed by atoms with van der Waals surface area (Å²) in [7, 11) is 0. The van der Waals surface area contributed by atoms with Gasteiger partial charge in [0.2, 0.25) is 5.96 Å². The molecule has 0 saturated heterocycles. The van der Waals surface area contributed by atoms with E-state index in [4.69, 9.17) is 29.0 Å². The molecule has 0 amide bonds. The lowest BCUT2D eigenvalue weighted by Gasteiger charge is -2.05. The van der Waals surface area contributed by atoms with Gasteiger partial charge in [-0.05, 0) is 0 Å². The van der Waals surface area contributed by atoms with Gasteiger partial charge in [0.05, 0.1) is 6.04 Å². The topological polar surface area (TPSA) is 114 Å². The Labute approximate surface area is 65.2 Å². The monoisotopic (exact) mass is 153 g/mol. The second-order valence-corrected chi connectivity index (χ2v) is 1.94. The normalized spacial score (nSPS) is 13.6. The zero-order valence-corrected chi connectivity index (χ0v) is 6.04. The lowest BCUT2D eigenvalue weighted by molar-refractivity contribution is 0.885. The fourth-order valence-electron chi connectivity index (χ4n) is 0.454. The molecule has 5 nitrogen and oxygen atoms in total. The van der Waals surface area contributed by atoms with Gasteiger partial charge in [0.1, 0.15) is 5.84 Å². The molecule has 0 saturated carbocycles. The largest absolute Gasteiger partial charge is 0.386 e. The molecular weight excluding hydrogens is 142 g/mol. The highest BCUT2D eigenvalue weighted by atomic mass is 15.0. The summed E-state index contributed by atoms with van der Waals surface area (Å²) in [5.41, 5.74) is 15.7. The van der Waals surface area contributed by atoms with Crippen molar-refractivity contribution in [2.75, 3.05) is 0 Å². The number of terminal acetylenes is 1. The van der Waals surface area contributed by atoms with Crippen LogP contribution in [-0.4, -0.2) is 17.8 Å². The lowest BCUT2D eigenvalue weighted by Crippen LogP contribution is -2.37. The summed E-state index contributed by atoms with van der Waals surface area (Å²) in [5, 5.41) is 6.75. The number of guanidine groups is 1. The highest BCUT2D eigenvalue weighted by Gasteiger charge is 2.04. The molecule has 7 N–H and O–H groups in total. The quantitative estimate of drug-likeness (QED) is 0.222. The van der Waals surface area contributed by atoms with Crippen molar-refractivity contribution in [3.63, 3.8) is 0 Å². The Morgan fingerprint density at radius 3 is 2.55 bits per heavy atom. The Kier molecular flexibility index (Phi) is 3.70. The van der Waals surface area contributed by atoms with Crippen molar-refractivity contribution in [2.45, 2.75) is 12.5 Å². The van der Waals surface area contributed by atoms with E-state index in [0.717, 1.165) is 0 Å². The van der Waals surface area contributed by atoms with Gasteiger partial charge in [-0.15, -0.1) is 12.3 Å². The van der Waals surface area contributed by atoms with Crippen molar-refractivity contribution < 1.29 is 0 Å². The minimum absolute atomic E-state index is 0.0930. The Hall–Kier alpha value is -1.54. The average Bonchev–Trinajstić information content (AvgIpc) is 1.86. The second kappa shape index (κ2) is 4.30. The zero-order valence-electron chi connectivity index (χ0n) is 6.04. The molecule has 5 heteroatoms. The van der Waals surface area contributed by atoms with Crippen LogP contribution in [0.4, 0.5) is 0 Å². The molecule has 1 atom stereocenters. The summed E-state index contributed by atoms with van der Waals surface area (Å²) in [6, 6.07) is -0.510. The molecule has 0 heterocycles. The third-order valence-corrected chi connectivity index (χ3v) is 0.967. The number of amidine groups is 1. The maximum atomic E-state index is 6.75. The predicted molar refractivity (Wildman–Crippen MR) is 45.0 cm³/mol. The van der Waals surface area contributed by atoms with Crippen LogP contribution in [0.2, 0.25) is 0 Å². The molecule has 0 spiro atoms. The van der Waals surface area contributed by atoms with Gasteiger partial charge in [-0.3, -0.25) is 5.41 Å². The average molecular weight is 153 g/mol. The van der Waals surface area contributed by atoms with Gasteiger partial charge in [-0.1, -0.05) is 0 Å². The van der Waals surface area contributed by atoms with Gasteiger partial charge in [0.15, 0.2) is 0 Å². The Balaban J connectivity index is 4.13. The van der Waals surface area contributed by atoms with Gasteiger partial charge in [-0.2, -0.15) is 4.99 Å². The van der Waals surface area contributed by atoms with Crippen LogP contribution in [0.25, 0.3) is 0 Å². The first-order chi connectivity index (χ1) is 5.07. The summed E-state index contributed by atoms with van der Waals surface area (Å²) in [6.07, 6.45) is 5.27. The van der Waals surface area contributed by atoms with E-state index in [1.807, 2.05) is 0 Å². The number of nitrogens with zero attached hydrogens (tertiary/aromatic N) is 1. The first-order valence-corrected chi connectivity index (χ1v) is 2.95. The summed E-state index contributed by atoms with van der Waals surface area (Å²) >= 11 is 0. The molecule has 0 unspecified atom stereocenters. The first-order valence-electron chi connectivity index (χ1n) is 2.95. The molecule has 0 aromatic carbocycles. The molecule has 0 fully saturated rings. The highest BCUT2D eigenvalue weighted by Crippen LogP contribution is 1.85. The third-order valence-electron chi connectivity index (χ3n) is 0.967. The van der Waals surface area contributed by atoms with E-state index < -0.39 is 6.04 Å². The van der Waals surface area contributed by atoms with Crippen molar-refractivity contribution in [3.05, 3.63) is 0 Å². The smallest absolute Gasteiger partial charge is 0.214 e. The van der Waals surface area contributed by atoms with Crippen molar-refractivity contribution in [3.8, 4) is 12.3 Å². The number of hydrogen-bond donors (Lipinski definition) is 4. The molecule has 0 aliphatic heterocycles. The SMILES string of the molecule is C#CC[C@H](N)/C(N)=N/C(=N)N. The lowest BCUT2D eigenvalue weighted by atomic mass is 10.2. The summed E-state index contributed by atoms with van der Waals surface area (Å²) < 4.78 is 0. The van der Waals surface area contributed by atoms with Crippen LogP contribution in [0.1, 0.15) is 6.42 Å². The van der Waals surface area contributed by atoms with Gasteiger partial charge in [-0.25, -0.2) is 0 Å². The highest BCUT2D eigenvalue weighted by molar-refractivity contribution is 5.96. The first kappa shape index (κ1) is 9.46. The van der Waals surface area contributed by atoms with Gasteiger partial charge in [0.25, 0.3) is 0 Å². The molecule has 0 aliphatic rings. The van der Waals surface area contributed by atoms with Gasteiger partial charge >= 0.3 is 0 Å². The zero-order chi connectivity index (χ0) is 8.85. The van der Waals surface area contributed by atoms with Crippen molar-refractivity contribution >= 4 is 11.8 Å². The van der Waals surface area contributed by atoms with E-state index in [9.17, 15) is 0 Å². The van der Waals surface area contributed by atoms with Crippen LogP contribution in [-0.2, 0) is 0 Å². The molecule has 0 aliphatic carbocycles. The van der Waals surface area contributed by atoms with Gasteiger partial charge in [0, 0.05) is 6.42 Å². The Bertz CT molecular complexity index is 212. The fourth-order valence-corrected chi connectivity index (χ4v) is 0.454. The third kappa shape index (κ3) is 3.95. The number of hydrogen-bond acceptors (Lipinski definition) is 2. The van der Waals surface area contributed by atoms with Crippen molar-refractivity contribution in [1.82, 2.24) is 0 Å². The van der Waals surface area contributed by atoms with Crippen LogP contribution >= 0.6 is 0 Å². The van der Waals surface area contributed by atoms with Crippen molar-refractivity contribution in [1.29, 1.82) is 5.41 Å². The number of aliphatic imine (C=N–C) groups is 1.